The lowest BCUT2D eigenvalue weighted by molar-refractivity contribution is -0.293. The van der Waals surface area contributed by atoms with Gasteiger partial charge in [0.2, 0.25) is 5.95 Å². The number of nitrogens with one attached hydrogen (secondary N) is 2. The Kier molecular flexibility index (Phi) is 8.52. The SMILES string of the molecule is COc1ccc(CNc2nccc(-c3[nH]c(C4(C(N)=O)OCC(C)(C(=O)OCC#N)CO4)nc3-c3ccc(F)cc3)n2)cc1. The van der Waals surface area contributed by atoms with Crippen LogP contribution in [-0.2, 0) is 36.1 Å². The van der Waals surface area contributed by atoms with Crippen molar-refractivity contribution in [1.82, 2.24) is 19.9 Å². The van der Waals surface area contributed by atoms with E-state index in [2.05, 4.69) is 25.3 Å². The van der Waals surface area contributed by atoms with Crippen LogP contribution in [0.1, 0.15) is 18.3 Å². The Labute approximate surface area is 251 Å². The summed E-state index contributed by atoms with van der Waals surface area (Å²) in [6.45, 7) is 0.836. The Balaban J connectivity index is 1.49. The standard InChI is InChI=1S/C30H28FN7O6/c1-29(27(40)42-14-12-32)16-43-30(25(33)39,44-17-29)26-37-23(19-5-7-20(31)8-6-19)24(38-26)22-11-13-34-28(36-22)35-15-18-3-9-21(41-2)10-4-18/h3-11,13H,14-17H2,1-2H3,(H2,33,39)(H,37,38)(H,34,35,36). The van der Waals surface area contributed by atoms with Crippen LogP contribution in [0.5, 0.6) is 5.75 Å². The Morgan fingerprint density at radius 1 is 1.11 bits per heavy atom. The molecular weight excluding hydrogens is 573 g/mol. The minimum absolute atomic E-state index is 0.113. The first-order valence-electron chi connectivity index (χ1n) is 13.4. The molecule has 226 valence electrons. The highest BCUT2D eigenvalue weighted by Gasteiger charge is 2.54. The molecule has 13 nitrogen and oxygen atoms in total. The average molecular weight is 602 g/mol. The van der Waals surface area contributed by atoms with E-state index in [9.17, 15) is 14.0 Å². The van der Waals surface area contributed by atoms with Crippen molar-refractivity contribution >= 4 is 17.8 Å². The predicted molar refractivity (Wildman–Crippen MR) is 153 cm³/mol. The van der Waals surface area contributed by atoms with Crippen LogP contribution in [0.25, 0.3) is 22.6 Å². The van der Waals surface area contributed by atoms with Crippen molar-refractivity contribution in [3.05, 3.63) is 78.0 Å². The number of aromatic amines is 1. The number of ether oxygens (including phenoxy) is 4. The van der Waals surface area contributed by atoms with Crippen molar-refractivity contribution in [3.63, 3.8) is 0 Å². The molecule has 0 saturated carbocycles. The van der Waals surface area contributed by atoms with Gasteiger partial charge < -0.3 is 35.0 Å². The molecule has 2 aromatic carbocycles. The van der Waals surface area contributed by atoms with Crippen LogP contribution in [0.15, 0.2) is 60.8 Å². The number of methoxy groups -OCH3 is 1. The van der Waals surface area contributed by atoms with Crippen molar-refractivity contribution in [2.24, 2.45) is 11.1 Å². The summed E-state index contributed by atoms with van der Waals surface area (Å²) >= 11 is 0. The summed E-state index contributed by atoms with van der Waals surface area (Å²) in [6, 6.07) is 16.4. The summed E-state index contributed by atoms with van der Waals surface area (Å²) in [5, 5.41) is 11.9. The number of carbonyl (C=O) groups excluding carboxylic acids is 2. The molecule has 1 aliphatic heterocycles. The monoisotopic (exact) mass is 601 g/mol. The highest BCUT2D eigenvalue weighted by atomic mass is 19.1. The Hall–Kier alpha value is -5.39. The van der Waals surface area contributed by atoms with Crippen molar-refractivity contribution in [3.8, 4) is 34.5 Å². The molecular formula is C30H28FN7O6. The fourth-order valence-corrected chi connectivity index (χ4v) is 4.43. The zero-order chi connectivity index (χ0) is 31.3. The van der Waals surface area contributed by atoms with Crippen LogP contribution in [0, 0.1) is 22.6 Å². The number of hydrogen-bond acceptors (Lipinski definition) is 11. The molecule has 0 radical (unpaired) electrons. The Morgan fingerprint density at radius 2 is 1.82 bits per heavy atom. The smallest absolute Gasteiger partial charge is 0.317 e. The van der Waals surface area contributed by atoms with Crippen LogP contribution in [0.4, 0.5) is 10.3 Å². The number of nitriles is 1. The van der Waals surface area contributed by atoms with E-state index >= 15 is 0 Å². The van der Waals surface area contributed by atoms with E-state index in [-0.39, 0.29) is 19.0 Å². The number of aromatic nitrogens is 4. The lowest BCUT2D eigenvalue weighted by Gasteiger charge is -2.40. The summed E-state index contributed by atoms with van der Waals surface area (Å²) < 4.78 is 35.6. The van der Waals surface area contributed by atoms with Crippen LogP contribution >= 0.6 is 0 Å². The Morgan fingerprint density at radius 3 is 2.45 bits per heavy atom. The summed E-state index contributed by atoms with van der Waals surface area (Å²) in [5.41, 5.74) is 6.95. The van der Waals surface area contributed by atoms with Gasteiger partial charge in [0.1, 0.15) is 23.1 Å². The first-order valence-corrected chi connectivity index (χ1v) is 13.4. The van der Waals surface area contributed by atoms with E-state index in [4.69, 9.17) is 29.9 Å². The number of halogens is 1. The maximum Gasteiger partial charge on any atom is 0.317 e. The fraction of sp³-hybridized carbons (Fsp3) is 0.267. The van der Waals surface area contributed by atoms with Gasteiger partial charge in [-0.1, -0.05) is 12.1 Å². The molecule has 0 atom stereocenters. The fourth-order valence-electron chi connectivity index (χ4n) is 4.43. The van der Waals surface area contributed by atoms with E-state index in [0.29, 0.717) is 35.1 Å². The van der Waals surface area contributed by atoms with Crippen LogP contribution in [-0.4, -0.2) is 58.7 Å². The number of primary amides is 1. The topological polar surface area (TPSA) is 187 Å². The minimum Gasteiger partial charge on any atom is -0.497 e. The zero-order valence-corrected chi connectivity index (χ0v) is 23.8. The number of esters is 1. The largest absolute Gasteiger partial charge is 0.497 e. The number of imidazole rings is 1. The highest BCUT2D eigenvalue weighted by Crippen LogP contribution is 2.39. The van der Waals surface area contributed by atoms with Crippen LogP contribution in [0.3, 0.4) is 0 Å². The lowest BCUT2D eigenvalue weighted by Crippen LogP contribution is -2.56. The van der Waals surface area contributed by atoms with Gasteiger partial charge in [0.15, 0.2) is 12.4 Å². The molecule has 1 saturated heterocycles. The van der Waals surface area contributed by atoms with E-state index in [0.717, 1.165) is 11.3 Å². The van der Waals surface area contributed by atoms with Crippen molar-refractivity contribution < 1.29 is 32.9 Å². The molecule has 44 heavy (non-hydrogen) atoms. The van der Waals surface area contributed by atoms with Crippen molar-refractivity contribution in [2.75, 3.05) is 32.2 Å². The number of nitrogens with zero attached hydrogens (tertiary/aromatic N) is 4. The summed E-state index contributed by atoms with van der Waals surface area (Å²) in [5.74, 6) is -3.49. The molecule has 5 rings (SSSR count). The molecule has 14 heteroatoms. The molecule has 0 spiro atoms. The Bertz CT molecular complexity index is 1690. The molecule has 4 aromatic rings. The zero-order valence-electron chi connectivity index (χ0n) is 23.8. The molecule has 2 aromatic heterocycles. The quantitative estimate of drug-likeness (QED) is 0.227. The normalized spacial score (nSPS) is 19.5. The number of nitrogens with two attached hydrogens (primary N) is 1. The number of carbonyl (C=O) groups is 2. The van der Waals surface area contributed by atoms with Gasteiger partial charge in [-0.05, 0) is 55.0 Å². The lowest BCUT2D eigenvalue weighted by atomic mass is 9.91. The second-order valence-corrected chi connectivity index (χ2v) is 10.1. The van der Waals surface area contributed by atoms with Crippen LogP contribution < -0.4 is 15.8 Å². The van der Waals surface area contributed by atoms with Gasteiger partial charge in [0, 0.05) is 18.3 Å². The summed E-state index contributed by atoms with van der Waals surface area (Å²) in [4.78, 5) is 42.0. The first kappa shape index (κ1) is 30.1. The van der Waals surface area contributed by atoms with Gasteiger partial charge in [-0.3, -0.25) is 9.59 Å². The van der Waals surface area contributed by atoms with Gasteiger partial charge in [-0.25, -0.2) is 19.3 Å². The molecule has 1 aliphatic rings. The first-order chi connectivity index (χ1) is 21.2. The second kappa shape index (κ2) is 12.5. The molecule has 3 heterocycles. The van der Waals surface area contributed by atoms with Gasteiger partial charge in [-0.15, -0.1) is 0 Å². The number of anilines is 1. The van der Waals surface area contributed by atoms with Crippen LogP contribution in [0.2, 0.25) is 0 Å². The molecule has 0 bridgehead atoms. The number of benzene rings is 2. The number of hydrogen-bond donors (Lipinski definition) is 3. The van der Waals surface area contributed by atoms with E-state index < -0.39 is 35.5 Å². The maximum atomic E-state index is 13.8. The highest BCUT2D eigenvalue weighted by molar-refractivity contribution is 5.85. The van der Waals surface area contributed by atoms with Gasteiger partial charge in [0.25, 0.3) is 5.91 Å². The summed E-state index contributed by atoms with van der Waals surface area (Å²) in [7, 11) is 1.59. The minimum atomic E-state index is -2.20. The second-order valence-electron chi connectivity index (χ2n) is 10.1. The number of H-pyrrole nitrogens is 1. The maximum absolute atomic E-state index is 13.8. The number of amides is 1. The third-order valence-electron chi connectivity index (χ3n) is 6.93. The molecule has 1 fully saturated rings. The molecule has 0 unspecified atom stereocenters. The molecule has 4 N–H and O–H groups in total. The summed E-state index contributed by atoms with van der Waals surface area (Å²) in [6.07, 6.45) is 1.55. The van der Waals surface area contributed by atoms with E-state index in [1.54, 1.807) is 25.4 Å². The average Bonchev–Trinajstić information content (AvgIpc) is 3.49. The predicted octanol–water partition coefficient (Wildman–Crippen LogP) is 3.05. The van der Waals surface area contributed by atoms with Gasteiger partial charge >= 0.3 is 11.8 Å². The van der Waals surface area contributed by atoms with Gasteiger partial charge in [0.05, 0.1) is 37.4 Å². The third kappa shape index (κ3) is 6.05. The number of rotatable bonds is 10. The van der Waals surface area contributed by atoms with E-state index in [1.165, 1.54) is 31.2 Å². The van der Waals surface area contributed by atoms with Gasteiger partial charge in [-0.2, -0.15) is 5.26 Å². The molecule has 0 aliphatic carbocycles. The van der Waals surface area contributed by atoms with E-state index in [1.807, 2.05) is 24.3 Å². The molecule has 1 amide bonds. The van der Waals surface area contributed by atoms with Crippen molar-refractivity contribution in [2.45, 2.75) is 19.3 Å². The third-order valence-corrected chi connectivity index (χ3v) is 6.93. The van der Waals surface area contributed by atoms with Crippen molar-refractivity contribution in [1.29, 1.82) is 5.26 Å².